The smallest absolute Gasteiger partial charge is 0.433 e. The first kappa shape index (κ1) is 18.5. The van der Waals surface area contributed by atoms with Crippen LogP contribution in [0.1, 0.15) is 30.1 Å². The van der Waals surface area contributed by atoms with Crippen molar-refractivity contribution >= 4 is 0 Å². The predicted molar refractivity (Wildman–Crippen MR) is 92.9 cm³/mol. The first-order valence-electron chi connectivity index (χ1n) is 8.63. The van der Waals surface area contributed by atoms with Crippen LogP contribution in [0, 0.1) is 0 Å². The predicted octanol–water partition coefficient (Wildman–Crippen LogP) is 4.30. The van der Waals surface area contributed by atoms with Crippen molar-refractivity contribution in [3.8, 4) is 5.75 Å². The third-order valence-electron chi connectivity index (χ3n) is 4.48. The summed E-state index contributed by atoms with van der Waals surface area (Å²) in [6, 6.07) is 8.55. The Morgan fingerprint density at radius 3 is 2.69 bits per heavy atom. The van der Waals surface area contributed by atoms with Gasteiger partial charge in [0.25, 0.3) is 0 Å². The van der Waals surface area contributed by atoms with E-state index >= 15 is 0 Å². The Labute approximate surface area is 150 Å². The molecule has 1 atom stereocenters. The van der Waals surface area contributed by atoms with E-state index in [4.69, 9.17) is 4.74 Å². The minimum absolute atomic E-state index is 0.259. The van der Waals surface area contributed by atoms with Crippen molar-refractivity contribution < 1.29 is 17.9 Å². The van der Waals surface area contributed by atoms with Crippen molar-refractivity contribution in [1.29, 1.82) is 0 Å². The Bertz CT molecular complexity index is 724. The number of piperidine rings is 1. The van der Waals surface area contributed by atoms with Gasteiger partial charge in [0.05, 0.1) is 6.04 Å². The van der Waals surface area contributed by atoms with E-state index in [0.29, 0.717) is 26.1 Å². The molecule has 2 aromatic rings. The summed E-state index contributed by atoms with van der Waals surface area (Å²) >= 11 is 0. The number of ether oxygens (including phenoxy) is 1. The Balaban J connectivity index is 1.64. The van der Waals surface area contributed by atoms with E-state index in [0.717, 1.165) is 35.0 Å². The van der Waals surface area contributed by atoms with E-state index in [1.165, 1.54) is 6.20 Å². The summed E-state index contributed by atoms with van der Waals surface area (Å²) in [5.74, 6) is 0.775. The van der Waals surface area contributed by atoms with E-state index in [1.54, 1.807) is 6.08 Å². The van der Waals surface area contributed by atoms with Gasteiger partial charge in [-0.15, -0.1) is 0 Å². The highest BCUT2D eigenvalue weighted by Crippen LogP contribution is 2.33. The summed E-state index contributed by atoms with van der Waals surface area (Å²) in [6.07, 6.45) is 0.0913. The lowest BCUT2D eigenvalue weighted by Crippen LogP contribution is -2.37. The molecule has 0 bridgehead atoms. The molecule has 1 unspecified atom stereocenters. The van der Waals surface area contributed by atoms with E-state index in [1.807, 2.05) is 24.3 Å². The fourth-order valence-electron chi connectivity index (χ4n) is 3.31. The number of benzene rings is 1. The molecule has 2 heterocycles. The average molecular weight is 365 g/mol. The van der Waals surface area contributed by atoms with Gasteiger partial charge < -0.3 is 4.74 Å². The van der Waals surface area contributed by atoms with Crippen LogP contribution in [0.25, 0.3) is 0 Å². The van der Waals surface area contributed by atoms with Crippen LogP contribution in [0.15, 0.2) is 49.2 Å². The molecule has 26 heavy (non-hydrogen) atoms. The second-order valence-electron chi connectivity index (χ2n) is 6.43. The quantitative estimate of drug-likeness (QED) is 0.715. The first-order chi connectivity index (χ1) is 12.5. The molecule has 1 saturated heterocycles. The number of rotatable bonds is 6. The highest BCUT2D eigenvalue weighted by atomic mass is 19.4. The van der Waals surface area contributed by atoms with Gasteiger partial charge in [0.2, 0.25) is 0 Å². The van der Waals surface area contributed by atoms with Crippen LogP contribution in [0.4, 0.5) is 13.2 Å². The fourth-order valence-corrected chi connectivity index (χ4v) is 3.31. The molecule has 4 nitrogen and oxygen atoms in total. The topological polar surface area (TPSA) is 30.3 Å². The third-order valence-corrected chi connectivity index (χ3v) is 4.48. The summed E-state index contributed by atoms with van der Waals surface area (Å²) in [4.78, 5) is 2.18. The van der Waals surface area contributed by atoms with Gasteiger partial charge in [-0.1, -0.05) is 24.8 Å². The monoisotopic (exact) mass is 365 g/mol. The molecule has 1 aromatic heterocycles. The molecule has 0 saturated carbocycles. The summed E-state index contributed by atoms with van der Waals surface area (Å²) in [7, 11) is 0. The average Bonchev–Trinajstić information content (AvgIpc) is 3.12. The highest BCUT2D eigenvalue weighted by Gasteiger charge is 2.37. The standard InChI is InChI=1S/C19H22F3N3O/c1-2-12-26-17-7-5-15(6-8-17)13-24-11-3-4-16(14-24)25-18(9-10-23-25)19(20,21)22/h2,5-10,16H,1,3-4,11-14H2. The third kappa shape index (κ3) is 4.46. The van der Waals surface area contributed by atoms with Crippen LogP contribution >= 0.6 is 0 Å². The van der Waals surface area contributed by atoms with Crippen molar-refractivity contribution in [2.45, 2.75) is 31.6 Å². The van der Waals surface area contributed by atoms with E-state index < -0.39 is 11.9 Å². The van der Waals surface area contributed by atoms with Crippen molar-refractivity contribution in [3.05, 3.63) is 60.4 Å². The molecule has 7 heteroatoms. The molecular formula is C19H22F3N3O. The first-order valence-corrected chi connectivity index (χ1v) is 8.63. The molecule has 1 aliphatic heterocycles. The lowest BCUT2D eigenvalue weighted by Gasteiger charge is -2.33. The van der Waals surface area contributed by atoms with Crippen LogP contribution in [-0.2, 0) is 12.7 Å². The summed E-state index contributed by atoms with van der Waals surface area (Å²) in [5.41, 5.74) is 0.432. The van der Waals surface area contributed by atoms with E-state index in [-0.39, 0.29) is 6.04 Å². The summed E-state index contributed by atoms with van der Waals surface area (Å²) < 4.78 is 45.9. The van der Waals surface area contributed by atoms with Gasteiger partial charge >= 0.3 is 6.18 Å². The maximum Gasteiger partial charge on any atom is 0.433 e. The zero-order valence-corrected chi connectivity index (χ0v) is 14.5. The van der Waals surface area contributed by atoms with Gasteiger partial charge in [-0.3, -0.25) is 9.58 Å². The molecule has 140 valence electrons. The lowest BCUT2D eigenvalue weighted by molar-refractivity contribution is -0.145. The van der Waals surface area contributed by atoms with E-state index in [9.17, 15) is 13.2 Å². The number of likely N-dealkylation sites (tertiary alicyclic amines) is 1. The van der Waals surface area contributed by atoms with E-state index in [2.05, 4.69) is 16.6 Å². The minimum atomic E-state index is -4.37. The zero-order chi connectivity index (χ0) is 18.6. The second-order valence-corrected chi connectivity index (χ2v) is 6.43. The molecule has 0 N–H and O–H groups in total. The summed E-state index contributed by atoms with van der Waals surface area (Å²) in [5, 5.41) is 3.93. The molecule has 0 aliphatic carbocycles. The number of hydrogen-bond acceptors (Lipinski definition) is 3. The van der Waals surface area contributed by atoms with Crippen LogP contribution in [0.2, 0.25) is 0 Å². The van der Waals surface area contributed by atoms with Crippen molar-refractivity contribution in [2.24, 2.45) is 0 Å². The van der Waals surface area contributed by atoms with Crippen LogP contribution in [-0.4, -0.2) is 34.4 Å². The number of hydrogen-bond donors (Lipinski definition) is 0. The van der Waals surface area contributed by atoms with Crippen molar-refractivity contribution in [2.75, 3.05) is 19.7 Å². The SMILES string of the molecule is C=CCOc1ccc(CN2CCCC(n3nccc3C(F)(F)F)C2)cc1. The van der Waals surface area contributed by atoms with Gasteiger partial charge in [-0.05, 0) is 43.1 Å². The fraction of sp³-hybridized carbons (Fsp3) is 0.421. The Morgan fingerprint density at radius 1 is 1.23 bits per heavy atom. The molecule has 0 amide bonds. The summed E-state index contributed by atoms with van der Waals surface area (Å²) in [6.45, 7) is 6.19. The molecule has 3 rings (SSSR count). The number of aromatic nitrogens is 2. The van der Waals surface area contributed by atoms with Gasteiger partial charge in [0, 0.05) is 19.3 Å². The second kappa shape index (κ2) is 7.95. The van der Waals surface area contributed by atoms with Crippen molar-refractivity contribution in [3.63, 3.8) is 0 Å². The largest absolute Gasteiger partial charge is 0.490 e. The highest BCUT2D eigenvalue weighted by molar-refractivity contribution is 5.27. The maximum absolute atomic E-state index is 13.1. The molecule has 1 aromatic carbocycles. The van der Waals surface area contributed by atoms with Crippen molar-refractivity contribution in [1.82, 2.24) is 14.7 Å². The lowest BCUT2D eigenvalue weighted by atomic mass is 10.0. The van der Waals surface area contributed by atoms with Crippen LogP contribution in [0.5, 0.6) is 5.75 Å². The van der Waals surface area contributed by atoms with Crippen LogP contribution < -0.4 is 4.74 Å². The number of nitrogens with zero attached hydrogens (tertiary/aromatic N) is 3. The van der Waals surface area contributed by atoms with Gasteiger partial charge in [0.1, 0.15) is 18.1 Å². The number of alkyl halides is 3. The van der Waals surface area contributed by atoms with Gasteiger partial charge in [-0.25, -0.2) is 0 Å². The Hall–Kier alpha value is -2.28. The Kier molecular flexibility index (Phi) is 5.66. The molecule has 1 aliphatic rings. The van der Waals surface area contributed by atoms with Gasteiger partial charge in [-0.2, -0.15) is 18.3 Å². The Morgan fingerprint density at radius 2 is 2.00 bits per heavy atom. The molecule has 0 radical (unpaired) electrons. The minimum Gasteiger partial charge on any atom is -0.490 e. The normalized spacial score (nSPS) is 18.7. The van der Waals surface area contributed by atoms with Crippen LogP contribution in [0.3, 0.4) is 0 Å². The molecule has 1 fully saturated rings. The van der Waals surface area contributed by atoms with Gasteiger partial charge in [0.15, 0.2) is 0 Å². The molecule has 0 spiro atoms. The maximum atomic E-state index is 13.1. The molecular weight excluding hydrogens is 343 g/mol. The number of halogens is 3. The zero-order valence-electron chi connectivity index (χ0n) is 14.5.